The Kier molecular flexibility index (Phi) is 5.51. The number of fused-ring (bicyclic) bond motifs is 2. The van der Waals surface area contributed by atoms with Crippen molar-refractivity contribution in [2.45, 2.75) is 18.9 Å². The standard InChI is InChI=1S/C18H23N3O4S/c1-23-14-8-12(9-15(24-2)16(14)25-3)17(22)20-21-18(26)19-13-7-10-4-5-11(13)6-10/h4-5,8-11,13H,6-7H2,1-3H3,(H,20,22)(H2,19,21,26)/t10-,11+,13-/m0/s1. The zero-order chi connectivity index (χ0) is 18.7. The normalized spacial score (nSPS) is 22.7. The second kappa shape index (κ2) is 7.82. The van der Waals surface area contributed by atoms with Crippen LogP contribution in [0.15, 0.2) is 24.3 Å². The Hall–Kier alpha value is -2.48. The van der Waals surface area contributed by atoms with Gasteiger partial charge in [-0.25, -0.2) is 0 Å². The lowest BCUT2D eigenvalue weighted by Crippen LogP contribution is -2.50. The molecule has 1 aromatic carbocycles. The fourth-order valence-corrected chi connectivity index (χ4v) is 3.75. The maximum Gasteiger partial charge on any atom is 0.269 e. The number of thiocarbonyl (C=S) groups is 1. The number of ether oxygens (including phenoxy) is 3. The van der Waals surface area contributed by atoms with Gasteiger partial charge in [0.1, 0.15) is 0 Å². The molecule has 0 saturated heterocycles. The third-order valence-corrected chi connectivity index (χ3v) is 5.03. The van der Waals surface area contributed by atoms with E-state index in [0.29, 0.717) is 45.8 Å². The highest BCUT2D eigenvalue weighted by atomic mass is 32.1. The lowest BCUT2D eigenvalue weighted by atomic mass is 10.0. The van der Waals surface area contributed by atoms with Gasteiger partial charge in [0.2, 0.25) is 5.75 Å². The summed E-state index contributed by atoms with van der Waals surface area (Å²) in [6.07, 6.45) is 6.76. The number of benzene rings is 1. The summed E-state index contributed by atoms with van der Waals surface area (Å²) in [5, 5.41) is 3.67. The second-order valence-electron chi connectivity index (χ2n) is 6.35. The van der Waals surface area contributed by atoms with Crippen molar-refractivity contribution in [2.24, 2.45) is 11.8 Å². The Morgan fingerprint density at radius 2 is 1.73 bits per heavy atom. The van der Waals surface area contributed by atoms with Gasteiger partial charge < -0.3 is 19.5 Å². The van der Waals surface area contributed by atoms with E-state index in [1.165, 1.54) is 27.8 Å². The SMILES string of the molecule is COc1cc(C(=O)NNC(=S)N[C@H]2C[C@H]3C=C[C@@H]2C3)cc(OC)c1OC. The number of hydrazine groups is 1. The predicted molar refractivity (Wildman–Crippen MR) is 102 cm³/mol. The average molecular weight is 377 g/mol. The summed E-state index contributed by atoms with van der Waals surface area (Å²) in [5.41, 5.74) is 5.71. The van der Waals surface area contributed by atoms with Crippen molar-refractivity contribution in [3.05, 3.63) is 29.8 Å². The van der Waals surface area contributed by atoms with E-state index in [-0.39, 0.29) is 5.91 Å². The van der Waals surface area contributed by atoms with E-state index in [1.54, 1.807) is 12.1 Å². The first kappa shape index (κ1) is 18.3. The second-order valence-corrected chi connectivity index (χ2v) is 6.76. The number of hydrogen-bond donors (Lipinski definition) is 3. The van der Waals surface area contributed by atoms with Gasteiger partial charge in [0.05, 0.1) is 21.3 Å². The van der Waals surface area contributed by atoms with Crippen molar-refractivity contribution in [1.29, 1.82) is 0 Å². The van der Waals surface area contributed by atoms with Gasteiger partial charge in [0.15, 0.2) is 16.6 Å². The molecule has 2 aliphatic carbocycles. The molecule has 0 radical (unpaired) electrons. The van der Waals surface area contributed by atoms with Crippen molar-refractivity contribution in [2.75, 3.05) is 21.3 Å². The molecule has 1 fully saturated rings. The summed E-state index contributed by atoms with van der Waals surface area (Å²) >= 11 is 5.28. The molecular formula is C18H23N3O4S. The highest BCUT2D eigenvalue weighted by Crippen LogP contribution is 2.39. The molecule has 3 N–H and O–H groups in total. The molecule has 0 spiro atoms. The van der Waals surface area contributed by atoms with Gasteiger partial charge in [0.25, 0.3) is 5.91 Å². The molecule has 8 heteroatoms. The fraction of sp³-hybridized carbons (Fsp3) is 0.444. The number of methoxy groups -OCH3 is 3. The van der Waals surface area contributed by atoms with Gasteiger partial charge in [0, 0.05) is 11.6 Å². The van der Waals surface area contributed by atoms with E-state index >= 15 is 0 Å². The van der Waals surface area contributed by atoms with E-state index in [2.05, 4.69) is 28.3 Å². The van der Waals surface area contributed by atoms with Crippen LogP contribution in [0, 0.1) is 11.8 Å². The summed E-state index contributed by atoms with van der Waals surface area (Å²) in [7, 11) is 4.51. The molecule has 1 aromatic rings. The minimum atomic E-state index is -0.360. The predicted octanol–water partition coefficient (Wildman–Crippen LogP) is 1.79. The van der Waals surface area contributed by atoms with Gasteiger partial charge in [-0.05, 0) is 49.0 Å². The van der Waals surface area contributed by atoms with Crippen LogP contribution in [0.1, 0.15) is 23.2 Å². The first-order valence-corrected chi connectivity index (χ1v) is 8.81. The van der Waals surface area contributed by atoms with Crippen LogP contribution in [0.4, 0.5) is 0 Å². The van der Waals surface area contributed by atoms with Gasteiger partial charge in [-0.2, -0.15) is 0 Å². The first-order valence-electron chi connectivity index (χ1n) is 8.41. The Morgan fingerprint density at radius 1 is 1.04 bits per heavy atom. The Morgan fingerprint density at radius 3 is 2.23 bits per heavy atom. The van der Waals surface area contributed by atoms with Crippen LogP contribution in [-0.2, 0) is 0 Å². The molecule has 1 amide bonds. The zero-order valence-corrected chi connectivity index (χ0v) is 15.8. The molecule has 26 heavy (non-hydrogen) atoms. The zero-order valence-electron chi connectivity index (χ0n) is 15.0. The van der Waals surface area contributed by atoms with Crippen molar-refractivity contribution >= 4 is 23.2 Å². The highest BCUT2D eigenvalue weighted by Gasteiger charge is 2.35. The topological polar surface area (TPSA) is 80.9 Å². The quantitative estimate of drug-likeness (QED) is 0.410. The van der Waals surface area contributed by atoms with Crippen LogP contribution in [0.5, 0.6) is 17.2 Å². The number of nitrogens with one attached hydrogen (secondary N) is 3. The van der Waals surface area contributed by atoms with Gasteiger partial charge in [-0.15, -0.1) is 0 Å². The molecular weight excluding hydrogens is 354 g/mol. The third-order valence-electron chi connectivity index (χ3n) is 4.81. The molecule has 0 unspecified atom stereocenters. The first-order chi connectivity index (χ1) is 12.5. The maximum atomic E-state index is 12.4. The summed E-state index contributed by atoms with van der Waals surface area (Å²) in [6, 6.07) is 3.48. The molecule has 0 aliphatic heterocycles. The lowest BCUT2D eigenvalue weighted by Gasteiger charge is -2.22. The number of amides is 1. The number of hydrogen-bond acceptors (Lipinski definition) is 5. The van der Waals surface area contributed by atoms with Gasteiger partial charge >= 0.3 is 0 Å². The van der Waals surface area contributed by atoms with E-state index in [0.717, 1.165) is 6.42 Å². The van der Waals surface area contributed by atoms with Crippen LogP contribution in [0.3, 0.4) is 0 Å². The largest absolute Gasteiger partial charge is 0.493 e. The van der Waals surface area contributed by atoms with E-state index in [1.807, 2.05) is 0 Å². The monoisotopic (exact) mass is 377 g/mol. The molecule has 3 rings (SSSR count). The minimum absolute atomic E-state index is 0.322. The lowest BCUT2D eigenvalue weighted by molar-refractivity contribution is 0.0942. The van der Waals surface area contributed by atoms with Crippen molar-refractivity contribution < 1.29 is 19.0 Å². The van der Waals surface area contributed by atoms with Crippen LogP contribution in [-0.4, -0.2) is 38.4 Å². The minimum Gasteiger partial charge on any atom is -0.493 e. The summed E-state index contributed by atoms with van der Waals surface area (Å²) in [6.45, 7) is 0. The van der Waals surface area contributed by atoms with E-state index < -0.39 is 0 Å². The van der Waals surface area contributed by atoms with Crippen molar-refractivity contribution in [1.82, 2.24) is 16.2 Å². The highest BCUT2D eigenvalue weighted by molar-refractivity contribution is 7.80. The summed E-state index contributed by atoms with van der Waals surface area (Å²) in [5.74, 6) is 2.06. The fourth-order valence-electron chi connectivity index (χ4n) is 3.55. The molecule has 140 valence electrons. The number of carbonyl (C=O) groups excluding carboxylic acids is 1. The third kappa shape index (κ3) is 3.70. The van der Waals surface area contributed by atoms with Crippen LogP contribution < -0.4 is 30.4 Å². The van der Waals surface area contributed by atoms with Crippen LogP contribution in [0.25, 0.3) is 0 Å². The molecule has 2 bridgehead atoms. The number of carbonyl (C=O) groups is 1. The molecule has 3 atom stereocenters. The Balaban J connectivity index is 1.59. The average Bonchev–Trinajstić information content (AvgIpc) is 3.27. The van der Waals surface area contributed by atoms with E-state index in [4.69, 9.17) is 26.4 Å². The maximum absolute atomic E-state index is 12.4. The molecule has 0 aromatic heterocycles. The van der Waals surface area contributed by atoms with Crippen LogP contribution in [0.2, 0.25) is 0 Å². The molecule has 7 nitrogen and oxygen atoms in total. The Bertz CT molecular complexity index is 712. The van der Waals surface area contributed by atoms with Gasteiger partial charge in [-0.3, -0.25) is 15.6 Å². The smallest absolute Gasteiger partial charge is 0.269 e. The Labute approximate surface area is 158 Å². The molecule has 1 saturated carbocycles. The summed E-state index contributed by atoms with van der Waals surface area (Å²) in [4.78, 5) is 12.4. The molecule has 2 aliphatic rings. The van der Waals surface area contributed by atoms with Crippen molar-refractivity contribution in [3.8, 4) is 17.2 Å². The summed E-state index contributed by atoms with van der Waals surface area (Å²) < 4.78 is 15.8. The van der Waals surface area contributed by atoms with E-state index in [9.17, 15) is 4.79 Å². The number of allylic oxidation sites excluding steroid dienone is 1. The number of rotatable bonds is 5. The van der Waals surface area contributed by atoms with Crippen molar-refractivity contribution in [3.63, 3.8) is 0 Å². The van der Waals surface area contributed by atoms with Gasteiger partial charge in [-0.1, -0.05) is 12.2 Å². The van der Waals surface area contributed by atoms with Crippen LogP contribution >= 0.6 is 12.2 Å². The molecule has 0 heterocycles.